The summed E-state index contributed by atoms with van der Waals surface area (Å²) in [5, 5.41) is 13.9. The van der Waals surface area contributed by atoms with Gasteiger partial charge in [-0.15, -0.1) is 0 Å². The molecule has 0 radical (unpaired) electrons. The lowest BCUT2D eigenvalue weighted by molar-refractivity contribution is -0.192. The van der Waals surface area contributed by atoms with Crippen molar-refractivity contribution in [3.05, 3.63) is 60.8 Å². The number of hydrogen-bond donors (Lipinski definition) is 4. The van der Waals surface area contributed by atoms with Crippen LogP contribution in [0.4, 0.5) is 47.7 Å². The Morgan fingerprint density at radius 3 is 2.15 bits per heavy atom. The smallest absolute Gasteiger partial charge is 0.490 e. The number of carboxylic acid groups (broad SMARTS) is 1. The van der Waals surface area contributed by atoms with Crippen molar-refractivity contribution >= 4 is 52.0 Å². The largest absolute Gasteiger partial charge is 0.495 e. The van der Waals surface area contributed by atoms with E-state index in [2.05, 4.69) is 43.0 Å². The predicted octanol–water partition coefficient (Wildman–Crippen LogP) is 4.24. The number of piperidine rings is 1. The molecule has 3 aliphatic heterocycles. The molecule has 17 heteroatoms. The third-order valence-corrected chi connectivity index (χ3v) is 8.94. The van der Waals surface area contributed by atoms with Gasteiger partial charge in [0.1, 0.15) is 5.75 Å². The molecule has 5 N–H and O–H groups in total. The minimum absolute atomic E-state index is 0.246. The Balaban J connectivity index is 0.000000679. The van der Waals surface area contributed by atoms with Gasteiger partial charge < -0.3 is 45.5 Å². The van der Waals surface area contributed by atoms with Crippen molar-refractivity contribution in [2.45, 2.75) is 25.1 Å². The Kier molecular flexibility index (Phi) is 12.7. The number of anilines is 6. The molecule has 14 nitrogen and oxygen atoms in total. The number of methoxy groups -OCH3 is 1. The fraction of sp³-hybridized carbons (Fsp3) is 0.429. The number of carboxylic acids is 1. The van der Waals surface area contributed by atoms with Crippen molar-refractivity contribution in [1.29, 1.82) is 0 Å². The van der Waals surface area contributed by atoms with Gasteiger partial charge in [-0.1, -0.05) is 18.7 Å². The lowest BCUT2D eigenvalue weighted by Gasteiger charge is -2.41. The zero-order valence-corrected chi connectivity index (χ0v) is 28.8. The fourth-order valence-corrected chi connectivity index (χ4v) is 6.19. The van der Waals surface area contributed by atoms with E-state index in [1.165, 1.54) is 0 Å². The summed E-state index contributed by atoms with van der Waals surface area (Å²) in [5.41, 5.74) is 9.88. The molecule has 3 aliphatic rings. The van der Waals surface area contributed by atoms with Gasteiger partial charge >= 0.3 is 12.1 Å². The first-order valence-electron chi connectivity index (χ1n) is 16.8. The van der Waals surface area contributed by atoms with E-state index < -0.39 is 18.1 Å². The maximum atomic E-state index is 11.7. The van der Waals surface area contributed by atoms with Crippen molar-refractivity contribution < 1.29 is 42.1 Å². The number of nitrogens with zero attached hydrogens (tertiary/aromatic N) is 5. The van der Waals surface area contributed by atoms with E-state index in [4.69, 9.17) is 34.8 Å². The molecule has 280 valence electrons. The number of ether oxygens (including phenoxy) is 3. The summed E-state index contributed by atoms with van der Waals surface area (Å²) in [6.45, 7) is 12.2. The molecular formula is C35H43F3N8O6. The monoisotopic (exact) mass is 728 g/mol. The first-order valence-corrected chi connectivity index (χ1v) is 16.8. The number of aliphatic carboxylic acids is 1. The van der Waals surface area contributed by atoms with E-state index in [9.17, 15) is 18.0 Å². The Morgan fingerprint density at radius 2 is 1.54 bits per heavy atom. The molecule has 4 heterocycles. The van der Waals surface area contributed by atoms with Crippen molar-refractivity contribution in [2.24, 2.45) is 5.73 Å². The van der Waals surface area contributed by atoms with Crippen LogP contribution in [0.2, 0.25) is 0 Å². The predicted molar refractivity (Wildman–Crippen MR) is 191 cm³/mol. The van der Waals surface area contributed by atoms with Crippen LogP contribution in [0.1, 0.15) is 18.4 Å². The Morgan fingerprint density at radius 1 is 0.923 bits per heavy atom. The first kappa shape index (κ1) is 38.1. The van der Waals surface area contributed by atoms with Crippen molar-refractivity contribution in [3.8, 4) is 5.75 Å². The molecule has 6 rings (SSSR count). The summed E-state index contributed by atoms with van der Waals surface area (Å²) in [7, 11) is 1.71. The molecule has 0 spiro atoms. The number of alkyl halides is 3. The molecule has 1 aromatic heterocycles. The summed E-state index contributed by atoms with van der Waals surface area (Å²) in [4.78, 5) is 37.3. The van der Waals surface area contributed by atoms with Gasteiger partial charge in [-0.2, -0.15) is 18.2 Å². The molecule has 3 saturated heterocycles. The van der Waals surface area contributed by atoms with Gasteiger partial charge in [-0.25, -0.2) is 9.78 Å². The van der Waals surface area contributed by atoms with E-state index in [0.717, 1.165) is 93.8 Å². The van der Waals surface area contributed by atoms with Gasteiger partial charge in [0, 0.05) is 68.3 Å². The fourth-order valence-electron chi connectivity index (χ4n) is 6.19. The summed E-state index contributed by atoms with van der Waals surface area (Å²) < 4.78 is 48.7. The number of aromatic nitrogens is 2. The van der Waals surface area contributed by atoms with Gasteiger partial charge in [-0.05, 0) is 42.7 Å². The lowest BCUT2D eigenvalue weighted by Crippen LogP contribution is -2.49. The van der Waals surface area contributed by atoms with E-state index in [0.29, 0.717) is 36.6 Å². The lowest BCUT2D eigenvalue weighted by atomic mass is 10.0. The zero-order chi connectivity index (χ0) is 37.3. The van der Waals surface area contributed by atoms with Gasteiger partial charge in [0.05, 0.1) is 51.1 Å². The quantitative estimate of drug-likeness (QED) is 0.219. The van der Waals surface area contributed by atoms with Gasteiger partial charge in [0.15, 0.2) is 5.82 Å². The minimum Gasteiger partial charge on any atom is -0.495 e. The average molecular weight is 729 g/mol. The van der Waals surface area contributed by atoms with E-state index in [1.807, 2.05) is 36.5 Å². The van der Waals surface area contributed by atoms with Crippen LogP contribution in [-0.4, -0.2) is 117 Å². The molecule has 2 aromatic carbocycles. The summed E-state index contributed by atoms with van der Waals surface area (Å²) in [5.74, 6) is -1.45. The van der Waals surface area contributed by atoms with Gasteiger partial charge in [0.2, 0.25) is 11.9 Å². The Bertz CT molecular complexity index is 1710. The molecule has 52 heavy (non-hydrogen) atoms. The SMILES string of the molecule is C=C(C(N)=O)c1cccc(Nc2nc(Nc3ccc(N4CCC(N5CCOCC5)CC4)c(OC)c3)ncc2N2CCOCC2)c1.O=C(O)C(F)(F)F. The Labute approximate surface area is 299 Å². The third-order valence-electron chi connectivity index (χ3n) is 8.94. The van der Waals surface area contributed by atoms with Crippen molar-refractivity contribution in [2.75, 3.05) is 93.2 Å². The van der Waals surface area contributed by atoms with Crippen LogP contribution in [0.3, 0.4) is 0 Å². The molecule has 3 aromatic rings. The summed E-state index contributed by atoms with van der Waals surface area (Å²) >= 11 is 0. The molecular weight excluding hydrogens is 685 g/mol. The third kappa shape index (κ3) is 10.0. The number of hydrogen-bond acceptors (Lipinski definition) is 12. The number of amides is 1. The number of halogens is 3. The van der Waals surface area contributed by atoms with Crippen LogP contribution in [-0.2, 0) is 19.1 Å². The van der Waals surface area contributed by atoms with Crippen LogP contribution in [0.5, 0.6) is 5.75 Å². The standard InChI is InChI=1S/C33H42N8O4.C2HF3O2/c1-23(31(34)42)24-4-3-5-25(20-24)36-32-29(41-14-18-45-19-15-41)22-35-33(38-32)37-26-6-7-28(30(21-26)43-2)40-10-8-27(9-11-40)39-12-16-44-17-13-39;3-2(4,5)1(6)7/h3-7,20-22,27H,1,8-19H2,2H3,(H2,34,42)(H2,35,36,37,38);(H,6,7). The number of carbonyl (C=O) groups excluding carboxylic acids is 1. The van der Waals surface area contributed by atoms with E-state index in [1.54, 1.807) is 13.2 Å². The highest BCUT2D eigenvalue weighted by Gasteiger charge is 2.38. The van der Waals surface area contributed by atoms with Crippen LogP contribution >= 0.6 is 0 Å². The highest BCUT2D eigenvalue weighted by molar-refractivity contribution is 6.18. The van der Waals surface area contributed by atoms with Crippen LogP contribution in [0.25, 0.3) is 5.57 Å². The molecule has 3 fully saturated rings. The number of nitrogens with two attached hydrogens (primary N) is 1. The van der Waals surface area contributed by atoms with Crippen molar-refractivity contribution in [1.82, 2.24) is 14.9 Å². The topological polar surface area (TPSA) is 168 Å². The van der Waals surface area contributed by atoms with Crippen LogP contribution < -0.4 is 30.9 Å². The highest BCUT2D eigenvalue weighted by atomic mass is 19.4. The number of nitrogens with one attached hydrogen (secondary N) is 2. The van der Waals surface area contributed by atoms with Crippen molar-refractivity contribution in [3.63, 3.8) is 0 Å². The van der Waals surface area contributed by atoms with Crippen LogP contribution in [0.15, 0.2) is 55.2 Å². The average Bonchev–Trinajstić information content (AvgIpc) is 3.15. The van der Waals surface area contributed by atoms with E-state index in [-0.39, 0.29) is 5.57 Å². The minimum atomic E-state index is -5.08. The normalized spacial score (nSPS) is 17.1. The number of morpholine rings is 2. The molecule has 0 unspecified atom stereocenters. The molecule has 1 amide bonds. The number of carbonyl (C=O) groups is 2. The van der Waals surface area contributed by atoms with Gasteiger partial charge in [0.25, 0.3) is 0 Å². The van der Waals surface area contributed by atoms with Gasteiger partial charge in [-0.3, -0.25) is 9.69 Å². The zero-order valence-electron chi connectivity index (χ0n) is 28.8. The number of rotatable bonds is 10. The number of benzene rings is 2. The summed E-state index contributed by atoms with van der Waals surface area (Å²) in [6.07, 6.45) is -1.01. The summed E-state index contributed by atoms with van der Waals surface area (Å²) in [6, 6.07) is 14.1. The maximum Gasteiger partial charge on any atom is 0.490 e. The first-order chi connectivity index (χ1) is 24.9. The molecule has 0 bridgehead atoms. The second kappa shape index (κ2) is 17.4. The van der Waals surface area contributed by atoms with Crippen LogP contribution in [0, 0.1) is 0 Å². The maximum absolute atomic E-state index is 11.7. The molecule has 0 aliphatic carbocycles. The molecule has 0 atom stereocenters. The van der Waals surface area contributed by atoms with E-state index >= 15 is 0 Å². The molecule has 0 saturated carbocycles. The Hall–Kier alpha value is -5.13. The highest BCUT2D eigenvalue weighted by Crippen LogP contribution is 2.35. The second-order valence-corrected chi connectivity index (χ2v) is 12.3. The second-order valence-electron chi connectivity index (χ2n) is 12.3. The number of primary amides is 1.